The smallest absolute Gasteiger partial charge is 0.338 e. The van der Waals surface area contributed by atoms with Crippen molar-refractivity contribution in [3.8, 4) is 0 Å². The molecular formula is C28H21N3O5S. The highest BCUT2D eigenvalue weighted by atomic mass is 32.1. The molecule has 0 bridgehead atoms. The molecule has 0 N–H and O–H groups in total. The van der Waals surface area contributed by atoms with Crippen molar-refractivity contribution in [2.24, 2.45) is 4.99 Å². The Kier molecular flexibility index (Phi) is 6.61. The van der Waals surface area contributed by atoms with E-state index in [0.29, 0.717) is 20.6 Å². The third kappa shape index (κ3) is 4.64. The topological polar surface area (TPSA) is 104 Å². The first-order valence-corrected chi connectivity index (χ1v) is 12.4. The first-order valence-electron chi connectivity index (χ1n) is 11.6. The fourth-order valence-corrected chi connectivity index (χ4v) is 5.24. The number of carbonyl (C=O) groups excluding carboxylic acids is 1. The zero-order valence-corrected chi connectivity index (χ0v) is 20.6. The van der Waals surface area contributed by atoms with Crippen LogP contribution < -0.4 is 14.9 Å². The Morgan fingerprint density at radius 3 is 2.32 bits per heavy atom. The van der Waals surface area contributed by atoms with E-state index >= 15 is 0 Å². The number of ether oxygens (including phenoxy) is 1. The van der Waals surface area contributed by atoms with Crippen molar-refractivity contribution in [3.63, 3.8) is 0 Å². The molecule has 0 aliphatic carbocycles. The van der Waals surface area contributed by atoms with Crippen molar-refractivity contribution in [2.75, 3.05) is 6.61 Å². The molecular weight excluding hydrogens is 490 g/mol. The van der Waals surface area contributed by atoms with E-state index in [4.69, 9.17) is 9.73 Å². The van der Waals surface area contributed by atoms with E-state index in [0.717, 1.165) is 11.1 Å². The Balaban J connectivity index is 1.78. The highest BCUT2D eigenvalue weighted by molar-refractivity contribution is 7.07. The minimum atomic E-state index is -0.745. The molecule has 3 aromatic carbocycles. The number of hydrogen-bond acceptors (Lipinski definition) is 7. The number of aromatic nitrogens is 1. The van der Waals surface area contributed by atoms with Gasteiger partial charge in [0.15, 0.2) is 4.80 Å². The highest BCUT2D eigenvalue weighted by Gasteiger charge is 2.35. The molecule has 0 saturated carbocycles. The van der Waals surface area contributed by atoms with Crippen LogP contribution in [0.1, 0.15) is 29.7 Å². The molecule has 4 aromatic rings. The first kappa shape index (κ1) is 24.1. The number of rotatable bonds is 6. The van der Waals surface area contributed by atoms with Crippen LogP contribution in [0.2, 0.25) is 0 Å². The summed E-state index contributed by atoms with van der Waals surface area (Å²) >= 11 is 1.20. The number of hydrogen-bond donors (Lipinski definition) is 0. The maximum absolute atomic E-state index is 13.7. The predicted octanol–water partition coefficient (Wildman–Crippen LogP) is 3.84. The maximum Gasteiger partial charge on any atom is 0.338 e. The summed E-state index contributed by atoms with van der Waals surface area (Å²) in [5.74, 6) is -0.538. The summed E-state index contributed by atoms with van der Waals surface area (Å²) in [6, 6.07) is 23.9. The Hall–Kier alpha value is -4.63. The molecule has 9 heteroatoms. The molecule has 1 aliphatic heterocycles. The van der Waals surface area contributed by atoms with Crippen molar-refractivity contribution in [1.29, 1.82) is 0 Å². The summed E-state index contributed by atoms with van der Waals surface area (Å²) in [7, 11) is 0. The minimum Gasteiger partial charge on any atom is -0.463 e. The Morgan fingerprint density at radius 2 is 1.70 bits per heavy atom. The number of nitrogens with zero attached hydrogens (tertiary/aromatic N) is 3. The van der Waals surface area contributed by atoms with Gasteiger partial charge in [-0.2, -0.15) is 0 Å². The van der Waals surface area contributed by atoms with Gasteiger partial charge in [0, 0.05) is 17.7 Å². The number of thiazole rings is 1. The van der Waals surface area contributed by atoms with Gasteiger partial charge in [-0.3, -0.25) is 19.5 Å². The number of nitro benzene ring substituents is 1. The molecule has 5 rings (SSSR count). The third-order valence-corrected chi connectivity index (χ3v) is 6.87. The van der Waals surface area contributed by atoms with Crippen LogP contribution in [0.25, 0.3) is 11.8 Å². The van der Waals surface area contributed by atoms with Gasteiger partial charge in [-0.25, -0.2) is 9.79 Å². The zero-order chi connectivity index (χ0) is 25.9. The molecule has 37 heavy (non-hydrogen) atoms. The van der Waals surface area contributed by atoms with Crippen LogP contribution in [0.5, 0.6) is 0 Å². The Labute approximate surface area is 215 Å². The number of benzene rings is 3. The van der Waals surface area contributed by atoms with E-state index in [1.165, 1.54) is 28.0 Å². The van der Waals surface area contributed by atoms with Gasteiger partial charge in [-0.1, -0.05) is 72.0 Å². The molecule has 2 heterocycles. The van der Waals surface area contributed by atoms with Crippen LogP contribution in [0.3, 0.4) is 0 Å². The summed E-state index contributed by atoms with van der Waals surface area (Å²) in [4.78, 5) is 42.9. The van der Waals surface area contributed by atoms with E-state index in [2.05, 4.69) is 0 Å². The molecule has 0 spiro atoms. The van der Waals surface area contributed by atoms with Gasteiger partial charge in [0.05, 0.1) is 33.4 Å². The van der Waals surface area contributed by atoms with Crippen LogP contribution in [0, 0.1) is 10.1 Å². The summed E-state index contributed by atoms with van der Waals surface area (Å²) in [6.07, 6.45) is 1.67. The average molecular weight is 512 g/mol. The van der Waals surface area contributed by atoms with Crippen LogP contribution in [-0.2, 0) is 9.53 Å². The monoisotopic (exact) mass is 511 g/mol. The predicted molar refractivity (Wildman–Crippen MR) is 141 cm³/mol. The maximum atomic E-state index is 13.7. The lowest BCUT2D eigenvalue weighted by atomic mass is 9.93. The molecule has 1 atom stereocenters. The summed E-state index contributed by atoms with van der Waals surface area (Å²) in [5.41, 5.74) is 2.51. The molecule has 0 radical (unpaired) electrons. The lowest BCUT2D eigenvalue weighted by Crippen LogP contribution is -2.39. The van der Waals surface area contributed by atoms with Crippen molar-refractivity contribution in [1.82, 2.24) is 4.57 Å². The molecule has 0 saturated heterocycles. The number of nitro groups is 1. The molecule has 0 fully saturated rings. The first-order chi connectivity index (χ1) is 18.0. The number of carbonyl (C=O) groups is 1. The van der Waals surface area contributed by atoms with Gasteiger partial charge in [-0.15, -0.1) is 0 Å². The second-order valence-corrected chi connectivity index (χ2v) is 9.20. The Bertz CT molecular complexity index is 1690. The fraction of sp³-hybridized carbons (Fsp3) is 0.107. The normalized spacial score (nSPS) is 15.2. The van der Waals surface area contributed by atoms with Gasteiger partial charge in [0.2, 0.25) is 0 Å². The number of non-ortho nitro benzene ring substituents is 1. The lowest BCUT2D eigenvalue weighted by Gasteiger charge is -2.25. The van der Waals surface area contributed by atoms with Gasteiger partial charge in [-0.05, 0) is 36.3 Å². The van der Waals surface area contributed by atoms with Gasteiger partial charge in [0.1, 0.15) is 0 Å². The second-order valence-electron chi connectivity index (χ2n) is 8.19. The van der Waals surface area contributed by atoms with Crippen LogP contribution in [0.4, 0.5) is 5.69 Å². The summed E-state index contributed by atoms with van der Waals surface area (Å²) in [6.45, 7) is 1.91. The SMILES string of the molecule is CCOC(=O)C1=C(c2ccccc2)N=c2s/c(=C\c3ccc([N+](=O)[O-])cc3)c(=O)n2[C@H]1c1ccccc1. The van der Waals surface area contributed by atoms with E-state index in [9.17, 15) is 19.7 Å². The van der Waals surface area contributed by atoms with Gasteiger partial charge < -0.3 is 4.74 Å². The van der Waals surface area contributed by atoms with E-state index in [1.54, 1.807) is 25.1 Å². The number of fused-ring (bicyclic) bond motifs is 1. The van der Waals surface area contributed by atoms with Crippen molar-refractivity contribution in [2.45, 2.75) is 13.0 Å². The van der Waals surface area contributed by atoms with Crippen molar-refractivity contribution < 1.29 is 14.5 Å². The number of esters is 1. The van der Waals surface area contributed by atoms with E-state index < -0.39 is 16.9 Å². The van der Waals surface area contributed by atoms with Gasteiger partial charge in [0.25, 0.3) is 11.2 Å². The largest absolute Gasteiger partial charge is 0.463 e. The van der Waals surface area contributed by atoms with Crippen molar-refractivity contribution in [3.05, 3.63) is 137 Å². The standard InChI is InChI=1S/C28H21N3O5S/c1-2-36-27(33)23-24(19-9-5-3-6-10-19)29-28-30(25(23)20-11-7-4-8-12-20)26(32)22(37-28)17-18-13-15-21(16-14-18)31(34)35/h3-17,25H,2H2,1H3/b22-17-/t25-/m0/s1. The molecule has 0 amide bonds. The molecule has 1 aliphatic rings. The summed E-state index contributed by atoms with van der Waals surface area (Å²) < 4.78 is 7.36. The van der Waals surface area contributed by atoms with Crippen LogP contribution in [0.15, 0.2) is 100 Å². The van der Waals surface area contributed by atoms with E-state index in [1.807, 2.05) is 60.7 Å². The second kappa shape index (κ2) is 10.2. The van der Waals surface area contributed by atoms with Crippen molar-refractivity contribution >= 4 is 34.8 Å². The average Bonchev–Trinajstić information content (AvgIpc) is 3.23. The summed E-state index contributed by atoms with van der Waals surface area (Å²) in [5, 5.41) is 11.0. The fourth-order valence-electron chi connectivity index (χ4n) is 4.23. The molecule has 0 unspecified atom stereocenters. The van der Waals surface area contributed by atoms with Crippen LogP contribution in [-0.4, -0.2) is 22.1 Å². The zero-order valence-electron chi connectivity index (χ0n) is 19.7. The minimum absolute atomic E-state index is 0.0331. The van der Waals surface area contributed by atoms with E-state index in [-0.39, 0.29) is 23.4 Å². The van der Waals surface area contributed by atoms with Gasteiger partial charge >= 0.3 is 5.97 Å². The highest BCUT2D eigenvalue weighted by Crippen LogP contribution is 2.35. The lowest BCUT2D eigenvalue weighted by molar-refractivity contribution is -0.384. The van der Waals surface area contributed by atoms with Crippen LogP contribution >= 0.6 is 11.3 Å². The Morgan fingerprint density at radius 1 is 1.05 bits per heavy atom. The third-order valence-electron chi connectivity index (χ3n) is 5.89. The quantitative estimate of drug-likeness (QED) is 0.222. The molecule has 184 valence electrons. The molecule has 8 nitrogen and oxygen atoms in total. The molecule has 1 aromatic heterocycles.